The second-order valence-corrected chi connectivity index (χ2v) is 6.45. The normalized spacial score (nSPS) is 22.9. The Labute approximate surface area is 83.8 Å². The van der Waals surface area contributed by atoms with Crippen molar-refractivity contribution in [3.63, 3.8) is 0 Å². The number of hydrogen-bond donors (Lipinski definition) is 0. The second-order valence-electron chi connectivity index (χ2n) is 3.63. The first-order chi connectivity index (χ1) is 5.99. The van der Waals surface area contributed by atoms with Crippen LogP contribution in [0.1, 0.15) is 19.8 Å². The predicted molar refractivity (Wildman–Crippen MR) is 52.3 cm³/mol. The van der Waals surface area contributed by atoms with Crippen molar-refractivity contribution in [2.45, 2.75) is 19.8 Å². The predicted octanol–water partition coefficient (Wildman–Crippen LogP) is 1.62. The molecule has 1 rings (SSSR count). The monoisotopic (exact) mass is 226 g/mol. The summed E-state index contributed by atoms with van der Waals surface area (Å²) in [7, 11) is 1.85. The van der Waals surface area contributed by atoms with E-state index >= 15 is 0 Å². The molecule has 0 saturated carbocycles. The molecule has 0 N–H and O–H groups in total. The van der Waals surface area contributed by atoms with E-state index in [1.54, 1.807) is 0 Å². The zero-order valence-corrected chi connectivity index (χ0v) is 9.27. The average Bonchev–Trinajstić information content (AvgIpc) is 2.03. The number of rotatable bonds is 3. The SMILES string of the molecule is CC(CS(=O)(=O)Cl)C1CCOCC1. The molecule has 1 atom stereocenters. The lowest BCUT2D eigenvalue weighted by Crippen LogP contribution is -2.25. The summed E-state index contributed by atoms with van der Waals surface area (Å²) in [5.41, 5.74) is 0. The van der Waals surface area contributed by atoms with Gasteiger partial charge in [-0.05, 0) is 24.7 Å². The third-order valence-electron chi connectivity index (χ3n) is 2.53. The molecule has 0 spiro atoms. The molecule has 1 saturated heterocycles. The topological polar surface area (TPSA) is 43.4 Å². The quantitative estimate of drug-likeness (QED) is 0.687. The molecule has 1 heterocycles. The highest BCUT2D eigenvalue weighted by molar-refractivity contribution is 8.13. The molecule has 3 nitrogen and oxygen atoms in total. The van der Waals surface area contributed by atoms with Crippen LogP contribution in [0.15, 0.2) is 0 Å². The van der Waals surface area contributed by atoms with Crippen LogP contribution in [0.3, 0.4) is 0 Å². The summed E-state index contributed by atoms with van der Waals surface area (Å²) in [4.78, 5) is 0. The van der Waals surface area contributed by atoms with Gasteiger partial charge >= 0.3 is 0 Å². The summed E-state index contributed by atoms with van der Waals surface area (Å²) >= 11 is 0. The largest absolute Gasteiger partial charge is 0.381 e. The van der Waals surface area contributed by atoms with Crippen molar-refractivity contribution in [2.75, 3.05) is 19.0 Å². The molecule has 1 unspecified atom stereocenters. The van der Waals surface area contributed by atoms with Gasteiger partial charge in [-0.1, -0.05) is 6.92 Å². The van der Waals surface area contributed by atoms with E-state index in [2.05, 4.69) is 0 Å². The lowest BCUT2D eigenvalue weighted by molar-refractivity contribution is 0.0527. The first-order valence-corrected chi connectivity index (χ1v) is 6.97. The Bertz CT molecular complexity index is 244. The van der Waals surface area contributed by atoms with Crippen molar-refractivity contribution < 1.29 is 13.2 Å². The van der Waals surface area contributed by atoms with E-state index in [0.717, 1.165) is 26.1 Å². The first kappa shape index (κ1) is 11.3. The fraction of sp³-hybridized carbons (Fsp3) is 1.00. The molecule has 78 valence electrons. The van der Waals surface area contributed by atoms with Gasteiger partial charge in [0, 0.05) is 23.9 Å². The minimum absolute atomic E-state index is 0.0826. The van der Waals surface area contributed by atoms with E-state index < -0.39 is 9.05 Å². The van der Waals surface area contributed by atoms with Crippen LogP contribution in [-0.2, 0) is 13.8 Å². The maximum atomic E-state index is 10.8. The van der Waals surface area contributed by atoms with Crippen molar-refractivity contribution in [3.8, 4) is 0 Å². The first-order valence-electron chi connectivity index (χ1n) is 4.49. The molecule has 0 aromatic carbocycles. The fourth-order valence-corrected chi connectivity index (χ4v) is 3.23. The minimum Gasteiger partial charge on any atom is -0.381 e. The Kier molecular flexibility index (Phi) is 4.01. The number of ether oxygens (including phenoxy) is 1. The van der Waals surface area contributed by atoms with Gasteiger partial charge in [-0.3, -0.25) is 0 Å². The van der Waals surface area contributed by atoms with Crippen LogP contribution in [0.2, 0.25) is 0 Å². The van der Waals surface area contributed by atoms with Gasteiger partial charge in [0.05, 0.1) is 5.75 Å². The average molecular weight is 227 g/mol. The summed E-state index contributed by atoms with van der Waals surface area (Å²) in [5.74, 6) is 0.674. The summed E-state index contributed by atoms with van der Waals surface area (Å²) in [5, 5.41) is 0. The van der Waals surface area contributed by atoms with Crippen molar-refractivity contribution in [3.05, 3.63) is 0 Å². The molecule has 1 fully saturated rings. The second kappa shape index (κ2) is 4.62. The van der Waals surface area contributed by atoms with Crippen LogP contribution in [0.5, 0.6) is 0 Å². The molecule has 5 heteroatoms. The van der Waals surface area contributed by atoms with Gasteiger partial charge < -0.3 is 4.74 Å². The van der Waals surface area contributed by atoms with Crippen LogP contribution in [-0.4, -0.2) is 27.4 Å². The van der Waals surface area contributed by atoms with E-state index in [-0.39, 0.29) is 11.7 Å². The van der Waals surface area contributed by atoms with E-state index in [0.29, 0.717) is 5.92 Å². The van der Waals surface area contributed by atoms with Crippen molar-refractivity contribution in [1.29, 1.82) is 0 Å². The smallest absolute Gasteiger partial charge is 0.232 e. The van der Waals surface area contributed by atoms with Crippen LogP contribution >= 0.6 is 10.7 Å². The van der Waals surface area contributed by atoms with Crippen molar-refractivity contribution in [2.24, 2.45) is 11.8 Å². The zero-order valence-electron chi connectivity index (χ0n) is 7.70. The Morgan fingerprint density at radius 3 is 2.46 bits per heavy atom. The van der Waals surface area contributed by atoms with Crippen LogP contribution in [0.25, 0.3) is 0 Å². The molecule has 0 bridgehead atoms. The highest BCUT2D eigenvalue weighted by Gasteiger charge is 2.23. The maximum Gasteiger partial charge on any atom is 0.232 e. The molecule has 1 aliphatic rings. The Morgan fingerprint density at radius 2 is 2.00 bits per heavy atom. The molecule has 1 aliphatic heterocycles. The van der Waals surface area contributed by atoms with Gasteiger partial charge in [0.2, 0.25) is 9.05 Å². The molecular formula is C8H15ClO3S. The summed E-state index contributed by atoms with van der Waals surface area (Å²) in [6, 6.07) is 0. The van der Waals surface area contributed by atoms with E-state index in [1.165, 1.54) is 0 Å². The van der Waals surface area contributed by atoms with Crippen LogP contribution in [0, 0.1) is 11.8 Å². The highest BCUT2D eigenvalue weighted by Crippen LogP contribution is 2.25. The van der Waals surface area contributed by atoms with Gasteiger partial charge in [-0.2, -0.15) is 0 Å². The molecule has 0 aromatic rings. The van der Waals surface area contributed by atoms with Crippen LogP contribution < -0.4 is 0 Å². The number of hydrogen-bond acceptors (Lipinski definition) is 3. The molecule has 0 aromatic heterocycles. The maximum absolute atomic E-state index is 10.8. The molecular weight excluding hydrogens is 212 g/mol. The lowest BCUT2D eigenvalue weighted by Gasteiger charge is -2.26. The third-order valence-corrected chi connectivity index (χ3v) is 3.83. The zero-order chi connectivity index (χ0) is 9.90. The van der Waals surface area contributed by atoms with E-state index in [1.807, 2.05) is 6.92 Å². The molecule has 0 amide bonds. The van der Waals surface area contributed by atoms with Gasteiger partial charge in [0.1, 0.15) is 0 Å². The van der Waals surface area contributed by atoms with Crippen molar-refractivity contribution in [1.82, 2.24) is 0 Å². The Hall–Kier alpha value is 0.200. The molecule has 0 radical (unpaired) electrons. The van der Waals surface area contributed by atoms with E-state index in [4.69, 9.17) is 15.4 Å². The summed E-state index contributed by atoms with van der Waals surface area (Å²) in [6.45, 7) is 3.44. The van der Waals surface area contributed by atoms with E-state index in [9.17, 15) is 8.42 Å². The number of halogens is 1. The summed E-state index contributed by atoms with van der Waals surface area (Å²) < 4.78 is 26.8. The molecule has 0 aliphatic carbocycles. The highest BCUT2D eigenvalue weighted by atomic mass is 35.7. The Balaban J connectivity index is 2.42. The van der Waals surface area contributed by atoms with Crippen LogP contribution in [0.4, 0.5) is 0 Å². The van der Waals surface area contributed by atoms with Crippen molar-refractivity contribution >= 4 is 19.7 Å². The third kappa shape index (κ3) is 4.29. The molecule has 13 heavy (non-hydrogen) atoms. The standard InChI is InChI=1S/C8H15ClO3S/c1-7(6-13(9,10)11)8-2-4-12-5-3-8/h7-8H,2-6H2,1H3. The van der Waals surface area contributed by atoms with Gasteiger partial charge in [0.15, 0.2) is 0 Å². The summed E-state index contributed by atoms with van der Waals surface area (Å²) in [6.07, 6.45) is 1.90. The van der Waals surface area contributed by atoms with Gasteiger partial charge in [-0.25, -0.2) is 8.42 Å². The van der Waals surface area contributed by atoms with Gasteiger partial charge in [-0.15, -0.1) is 0 Å². The minimum atomic E-state index is -3.34. The Morgan fingerprint density at radius 1 is 1.46 bits per heavy atom. The fourth-order valence-electron chi connectivity index (χ4n) is 1.73. The van der Waals surface area contributed by atoms with Gasteiger partial charge in [0.25, 0.3) is 0 Å². The lowest BCUT2D eigenvalue weighted by atomic mass is 9.89.